The first-order chi connectivity index (χ1) is 11.2. The molecule has 1 amide bonds. The summed E-state index contributed by atoms with van der Waals surface area (Å²) in [6, 6.07) is 17.0. The van der Waals surface area contributed by atoms with Crippen molar-refractivity contribution in [1.82, 2.24) is 0 Å². The van der Waals surface area contributed by atoms with Gasteiger partial charge < -0.3 is 14.1 Å². The zero-order valence-corrected chi connectivity index (χ0v) is 13.0. The van der Waals surface area contributed by atoms with Gasteiger partial charge in [0.1, 0.15) is 5.76 Å². The first-order valence-corrected chi connectivity index (χ1v) is 7.26. The molecule has 1 aromatic heterocycles. The van der Waals surface area contributed by atoms with E-state index in [2.05, 4.69) is 0 Å². The fraction of sp³-hybridized carbons (Fsp3) is 0.105. The number of methoxy groups -OCH3 is 1. The number of ether oxygens (including phenoxy) is 1. The van der Waals surface area contributed by atoms with Crippen LogP contribution in [0.1, 0.15) is 5.76 Å². The molecule has 4 heteroatoms. The molecule has 0 aliphatic heterocycles. The van der Waals surface area contributed by atoms with E-state index in [1.54, 1.807) is 25.1 Å². The minimum absolute atomic E-state index is 0.122. The van der Waals surface area contributed by atoms with Crippen LogP contribution in [-0.2, 0) is 4.79 Å². The Bertz CT molecular complexity index is 849. The van der Waals surface area contributed by atoms with E-state index >= 15 is 0 Å². The van der Waals surface area contributed by atoms with Gasteiger partial charge in [-0.2, -0.15) is 0 Å². The van der Waals surface area contributed by atoms with Crippen molar-refractivity contribution in [2.24, 2.45) is 0 Å². The highest BCUT2D eigenvalue weighted by molar-refractivity contribution is 6.03. The Kier molecular flexibility index (Phi) is 4.15. The highest BCUT2D eigenvalue weighted by Crippen LogP contribution is 2.28. The van der Waals surface area contributed by atoms with Crippen molar-refractivity contribution in [3.05, 3.63) is 66.4 Å². The molecule has 2 aromatic carbocycles. The molecule has 0 unspecified atom stereocenters. The molecule has 0 bridgehead atoms. The zero-order chi connectivity index (χ0) is 16.2. The summed E-state index contributed by atoms with van der Waals surface area (Å²) >= 11 is 0. The van der Waals surface area contributed by atoms with Crippen LogP contribution >= 0.6 is 0 Å². The molecule has 3 rings (SSSR count). The molecule has 3 aromatic rings. The molecule has 0 saturated carbocycles. The monoisotopic (exact) mass is 307 g/mol. The molecular formula is C19H17NO3. The van der Waals surface area contributed by atoms with Crippen molar-refractivity contribution in [3.8, 4) is 5.75 Å². The second-order valence-electron chi connectivity index (χ2n) is 5.09. The lowest BCUT2D eigenvalue weighted by Gasteiger charge is -2.14. The molecule has 0 aliphatic rings. The van der Waals surface area contributed by atoms with Crippen LogP contribution in [-0.4, -0.2) is 20.1 Å². The number of amides is 1. The largest absolute Gasteiger partial charge is 0.493 e. The Morgan fingerprint density at radius 3 is 2.65 bits per heavy atom. The fourth-order valence-corrected chi connectivity index (χ4v) is 2.34. The Balaban J connectivity index is 1.81. The summed E-state index contributed by atoms with van der Waals surface area (Å²) < 4.78 is 11.0. The summed E-state index contributed by atoms with van der Waals surface area (Å²) in [7, 11) is 3.34. The molecular weight excluding hydrogens is 290 g/mol. The van der Waals surface area contributed by atoms with E-state index in [9.17, 15) is 4.79 Å². The van der Waals surface area contributed by atoms with Crippen LogP contribution in [0.3, 0.4) is 0 Å². The maximum Gasteiger partial charge on any atom is 0.250 e. The first-order valence-electron chi connectivity index (χ1n) is 7.26. The smallest absolute Gasteiger partial charge is 0.250 e. The van der Waals surface area contributed by atoms with Gasteiger partial charge in [0.15, 0.2) is 11.3 Å². The second-order valence-corrected chi connectivity index (χ2v) is 5.09. The lowest BCUT2D eigenvalue weighted by molar-refractivity contribution is -0.113. The topological polar surface area (TPSA) is 42.7 Å². The molecule has 0 fully saturated rings. The van der Waals surface area contributed by atoms with Gasteiger partial charge in [0.2, 0.25) is 0 Å². The summed E-state index contributed by atoms with van der Waals surface area (Å²) in [5.74, 6) is 1.16. The van der Waals surface area contributed by atoms with Crippen molar-refractivity contribution >= 4 is 28.6 Å². The van der Waals surface area contributed by atoms with Crippen molar-refractivity contribution in [3.63, 3.8) is 0 Å². The molecule has 23 heavy (non-hydrogen) atoms. The summed E-state index contributed by atoms with van der Waals surface area (Å²) in [5.41, 5.74) is 1.52. The average molecular weight is 307 g/mol. The SMILES string of the molecule is COc1cccc2cc(/C=C/C(=O)N(C)c3ccccc3)oc12. The summed E-state index contributed by atoms with van der Waals surface area (Å²) in [6.45, 7) is 0. The number of para-hydroxylation sites is 2. The third-order valence-electron chi connectivity index (χ3n) is 3.61. The number of hydrogen-bond donors (Lipinski definition) is 0. The summed E-state index contributed by atoms with van der Waals surface area (Å²) in [4.78, 5) is 13.8. The minimum atomic E-state index is -0.122. The molecule has 0 aliphatic carbocycles. The Labute approximate surface area is 134 Å². The highest BCUT2D eigenvalue weighted by Gasteiger charge is 2.09. The zero-order valence-electron chi connectivity index (χ0n) is 13.0. The van der Waals surface area contributed by atoms with Crippen molar-refractivity contribution in [1.29, 1.82) is 0 Å². The standard InChI is InChI=1S/C19H17NO3/c1-20(15-8-4-3-5-9-15)18(21)12-11-16-13-14-7-6-10-17(22-2)19(14)23-16/h3-13H,1-2H3/b12-11+. The Morgan fingerprint density at radius 2 is 1.91 bits per heavy atom. The number of nitrogens with zero attached hydrogens (tertiary/aromatic N) is 1. The number of benzene rings is 2. The van der Waals surface area contributed by atoms with Crippen LogP contribution in [0.25, 0.3) is 17.0 Å². The van der Waals surface area contributed by atoms with E-state index in [0.29, 0.717) is 17.1 Å². The molecule has 0 saturated heterocycles. The van der Waals surface area contributed by atoms with Crippen molar-refractivity contribution < 1.29 is 13.9 Å². The maximum atomic E-state index is 12.2. The van der Waals surface area contributed by atoms with E-state index in [0.717, 1.165) is 11.1 Å². The van der Waals surface area contributed by atoms with Gasteiger partial charge in [-0.25, -0.2) is 0 Å². The molecule has 0 N–H and O–H groups in total. The third kappa shape index (κ3) is 3.11. The van der Waals surface area contributed by atoms with Gasteiger partial charge in [-0.3, -0.25) is 4.79 Å². The van der Waals surface area contributed by atoms with Gasteiger partial charge in [0, 0.05) is 24.2 Å². The Hall–Kier alpha value is -3.01. The summed E-state index contributed by atoms with van der Waals surface area (Å²) in [6.07, 6.45) is 3.17. The van der Waals surface area contributed by atoms with Crippen LogP contribution in [0.4, 0.5) is 5.69 Å². The number of hydrogen-bond acceptors (Lipinski definition) is 3. The van der Waals surface area contributed by atoms with Gasteiger partial charge in [0.05, 0.1) is 7.11 Å². The van der Waals surface area contributed by atoms with Crippen molar-refractivity contribution in [2.75, 3.05) is 19.1 Å². The van der Waals surface area contributed by atoms with Crippen LogP contribution < -0.4 is 9.64 Å². The summed E-state index contributed by atoms with van der Waals surface area (Å²) in [5, 5.41) is 0.938. The fourth-order valence-electron chi connectivity index (χ4n) is 2.34. The Morgan fingerprint density at radius 1 is 1.13 bits per heavy atom. The van der Waals surface area contributed by atoms with Crippen LogP contribution in [0.2, 0.25) is 0 Å². The lowest BCUT2D eigenvalue weighted by atomic mass is 10.2. The average Bonchev–Trinajstić information content (AvgIpc) is 3.02. The van der Waals surface area contributed by atoms with Gasteiger partial charge >= 0.3 is 0 Å². The normalized spacial score (nSPS) is 11.0. The van der Waals surface area contributed by atoms with E-state index in [-0.39, 0.29) is 5.91 Å². The van der Waals surface area contributed by atoms with E-state index in [4.69, 9.17) is 9.15 Å². The van der Waals surface area contributed by atoms with Crippen LogP contribution in [0.5, 0.6) is 5.75 Å². The van der Waals surface area contributed by atoms with E-state index < -0.39 is 0 Å². The minimum Gasteiger partial charge on any atom is -0.493 e. The van der Waals surface area contributed by atoms with E-state index in [1.807, 2.05) is 54.6 Å². The molecule has 0 radical (unpaired) electrons. The molecule has 0 spiro atoms. The third-order valence-corrected chi connectivity index (χ3v) is 3.61. The van der Waals surface area contributed by atoms with Crippen LogP contribution in [0.15, 0.2) is 65.1 Å². The number of fused-ring (bicyclic) bond motifs is 1. The number of likely N-dealkylation sites (N-methyl/N-ethyl adjacent to an activating group) is 1. The maximum absolute atomic E-state index is 12.2. The number of carbonyl (C=O) groups excluding carboxylic acids is 1. The second kappa shape index (κ2) is 6.40. The predicted octanol–water partition coefficient (Wildman–Crippen LogP) is 4.12. The molecule has 1 heterocycles. The van der Waals surface area contributed by atoms with Gasteiger partial charge in [-0.05, 0) is 30.3 Å². The number of anilines is 1. The molecule has 116 valence electrons. The first kappa shape index (κ1) is 14.9. The highest BCUT2D eigenvalue weighted by atomic mass is 16.5. The van der Waals surface area contributed by atoms with Gasteiger partial charge in [-0.15, -0.1) is 0 Å². The predicted molar refractivity (Wildman–Crippen MR) is 91.7 cm³/mol. The molecule has 0 atom stereocenters. The number of rotatable bonds is 4. The van der Waals surface area contributed by atoms with Crippen LogP contribution in [0, 0.1) is 0 Å². The number of furan rings is 1. The van der Waals surface area contributed by atoms with Gasteiger partial charge in [-0.1, -0.05) is 30.3 Å². The van der Waals surface area contributed by atoms with E-state index in [1.165, 1.54) is 6.08 Å². The van der Waals surface area contributed by atoms with Gasteiger partial charge in [0.25, 0.3) is 5.91 Å². The quantitative estimate of drug-likeness (QED) is 0.681. The lowest BCUT2D eigenvalue weighted by Crippen LogP contribution is -2.23. The van der Waals surface area contributed by atoms with Crippen molar-refractivity contribution in [2.45, 2.75) is 0 Å². The molecule has 4 nitrogen and oxygen atoms in total. The number of carbonyl (C=O) groups is 1.